The number of likely N-dealkylation sites (tertiary alicyclic amines) is 1. The van der Waals surface area contributed by atoms with E-state index in [0.29, 0.717) is 12.1 Å². The number of hydrogen-bond donors (Lipinski definition) is 2. The first-order chi connectivity index (χ1) is 10.3. The molecule has 22 heavy (non-hydrogen) atoms. The van der Waals surface area contributed by atoms with E-state index in [1.165, 1.54) is 9.80 Å². The lowest BCUT2D eigenvalue weighted by molar-refractivity contribution is -0.151. The third-order valence-electron chi connectivity index (χ3n) is 4.25. The summed E-state index contributed by atoms with van der Waals surface area (Å²) in [6.07, 6.45) is 5.17. The summed E-state index contributed by atoms with van der Waals surface area (Å²) in [4.78, 5) is 27.5. The molecule has 6 heteroatoms. The smallest absolute Gasteiger partial charge is 0.260 e. The van der Waals surface area contributed by atoms with Crippen molar-refractivity contribution in [1.29, 1.82) is 0 Å². The third kappa shape index (κ3) is 2.60. The van der Waals surface area contributed by atoms with Gasteiger partial charge in [0, 0.05) is 32.3 Å². The van der Waals surface area contributed by atoms with Crippen LogP contribution in [0.25, 0.3) is 0 Å². The zero-order valence-electron chi connectivity index (χ0n) is 13.0. The van der Waals surface area contributed by atoms with Crippen molar-refractivity contribution in [3.8, 4) is 0 Å². The number of rotatable bonds is 5. The maximum atomic E-state index is 12.7. The van der Waals surface area contributed by atoms with Gasteiger partial charge in [-0.1, -0.05) is 12.2 Å². The van der Waals surface area contributed by atoms with Gasteiger partial charge in [0.25, 0.3) is 5.91 Å². The van der Waals surface area contributed by atoms with Crippen LogP contribution in [0.5, 0.6) is 0 Å². The molecular formula is C16H22N2O4. The van der Waals surface area contributed by atoms with E-state index >= 15 is 0 Å². The maximum Gasteiger partial charge on any atom is 0.260 e. The summed E-state index contributed by atoms with van der Waals surface area (Å²) in [6, 6.07) is 0. The minimum atomic E-state index is -1.77. The van der Waals surface area contributed by atoms with Crippen molar-refractivity contribution in [2.75, 3.05) is 27.2 Å². The monoisotopic (exact) mass is 306 g/mol. The molecule has 1 aliphatic carbocycles. The van der Waals surface area contributed by atoms with Crippen molar-refractivity contribution in [3.05, 3.63) is 36.1 Å². The first kappa shape index (κ1) is 16.5. The Labute approximate surface area is 130 Å². The van der Waals surface area contributed by atoms with Crippen LogP contribution in [-0.2, 0) is 9.59 Å². The molecule has 2 atom stereocenters. The van der Waals surface area contributed by atoms with Crippen LogP contribution in [0.15, 0.2) is 36.1 Å². The Bertz CT molecular complexity index is 564. The maximum absolute atomic E-state index is 12.7. The fourth-order valence-electron chi connectivity index (χ4n) is 2.97. The Balaban J connectivity index is 2.40. The normalized spacial score (nSPS) is 27.2. The molecule has 2 amide bonds. The van der Waals surface area contributed by atoms with Crippen LogP contribution in [0.1, 0.15) is 12.8 Å². The molecule has 0 spiro atoms. The summed E-state index contributed by atoms with van der Waals surface area (Å²) in [6.45, 7) is 3.78. The molecular weight excluding hydrogens is 284 g/mol. The Morgan fingerprint density at radius 2 is 2.23 bits per heavy atom. The van der Waals surface area contributed by atoms with Gasteiger partial charge in [0.1, 0.15) is 0 Å². The second-order valence-electron chi connectivity index (χ2n) is 5.92. The second kappa shape index (κ2) is 6.06. The summed E-state index contributed by atoms with van der Waals surface area (Å²) in [5.74, 6) is -1.31. The number of fused-ring (bicyclic) bond motifs is 1. The van der Waals surface area contributed by atoms with Crippen LogP contribution in [-0.4, -0.2) is 64.7 Å². The van der Waals surface area contributed by atoms with Gasteiger partial charge in [-0.3, -0.25) is 9.59 Å². The predicted molar refractivity (Wildman–Crippen MR) is 81.5 cm³/mol. The van der Waals surface area contributed by atoms with E-state index in [4.69, 9.17) is 0 Å². The highest BCUT2D eigenvalue weighted by atomic mass is 16.3. The van der Waals surface area contributed by atoms with Crippen LogP contribution in [0, 0.1) is 5.92 Å². The molecule has 2 unspecified atom stereocenters. The van der Waals surface area contributed by atoms with E-state index < -0.39 is 17.4 Å². The fourth-order valence-corrected chi connectivity index (χ4v) is 2.97. The SMILES string of the molecule is C=CCN1C(=O)C(O)(CC(=O)N(C)C)C2CC(CO)=CC=C21. The summed E-state index contributed by atoms with van der Waals surface area (Å²) < 4.78 is 0. The molecule has 1 heterocycles. The lowest BCUT2D eigenvalue weighted by Crippen LogP contribution is -2.47. The van der Waals surface area contributed by atoms with Crippen molar-refractivity contribution in [2.45, 2.75) is 18.4 Å². The van der Waals surface area contributed by atoms with Gasteiger partial charge in [0.05, 0.1) is 13.0 Å². The van der Waals surface area contributed by atoms with E-state index in [1.807, 2.05) is 0 Å². The molecule has 1 saturated heterocycles. The Kier molecular flexibility index (Phi) is 4.53. The Hall–Kier alpha value is -1.92. The molecule has 1 aliphatic heterocycles. The standard InChI is InChI=1S/C16H22N2O4/c1-4-7-18-13-6-5-11(10-19)8-12(13)16(22,15(18)21)9-14(20)17(2)3/h4-6,12,19,22H,1,7-10H2,2-3H3. The van der Waals surface area contributed by atoms with Crippen molar-refractivity contribution < 1.29 is 19.8 Å². The lowest BCUT2D eigenvalue weighted by atomic mass is 9.79. The topological polar surface area (TPSA) is 81.1 Å². The number of carbonyl (C=O) groups excluding carboxylic acids is 2. The quantitative estimate of drug-likeness (QED) is 0.703. The number of nitrogens with zero attached hydrogens (tertiary/aromatic N) is 2. The third-order valence-corrected chi connectivity index (χ3v) is 4.25. The molecule has 0 bridgehead atoms. The predicted octanol–water partition coefficient (Wildman–Crippen LogP) is 0.0465. The van der Waals surface area contributed by atoms with Gasteiger partial charge in [-0.2, -0.15) is 0 Å². The first-order valence-corrected chi connectivity index (χ1v) is 7.21. The highest BCUT2D eigenvalue weighted by Gasteiger charge is 2.57. The molecule has 0 aromatic heterocycles. The Morgan fingerprint density at radius 1 is 1.55 bits per heavy atom. The fraction of sp³-hybridized carbons (Fsp3) is 0.500. The molecule has 0 aromatic carbocycles. The van der Waals surface area contributed by atoms with Crippen molar-refractivity contribution >= 4 is 11.8 Å². The van der Waals surface area contributed by atoms with Crippen LogP contribution < -0.4 is 0 Å². The molecule has 120 valence electrons. The largest absolute Gasteiger partial charge is 0.392 e. The molecule has 0 aromatic rings. The molecule has 2 rings (SSSR count). The van der Waals surface area contributed by atoms with Gasteiger partial charge in [0.15, 0.2) is 5.60 Å². The van der Waals surface area contributed by atoms with E-state index in [0.717, 1.165) is 5.57 Å². The van der Waals surface area contributed by atoms with Gasteiger partial charge in [-0.25, -0.2) is 0 Å². The lowest BCUT2D eigenvalue weighted by Gasteiger charge is -2.29. The molecule has 0 saturated carbocycles. The average molecular weight is 306 g/mol. The van der Waals surface area contributed by atoms with Gasteiger partial charge >= 0.3 is 0 Å². The second-order valence-corrected chi connectivity index (χ2v) is 5.92. The number of aliphatic hydroxyl groups excluding tert-OH is 1. The van der Waals surface area contributed by atoms with Crippen LogP contribution in [0.2, 0.25) is 0 Å². The summed E-state index contributed by atoms with van der Waals surface area (Å²) in [7, 11) is 3.17. The van der Waals surface area contributed by atoms with E-state index in [2.05, 4.69) is 6.58 Å². The van der Waals surface area contributed by atoms with Gasteiger partial charge in [0.2, 0.25) is 5.91 Å². The molecule has 2 N–H and O–H groups in total. The van der Waals surface area contributed by atoms with Crippen molar-refractivity contribution in [1.82, 2.24) is 9.80 Å². The summed E-state index contributed by atoms with van der Waals surface area (Å²) in [5.41, 5.74) is -0.362. The molecule has 1 fully saturated rings. The number of amides is 2. The zero-order valence-corrected chi connectivity index (χ0v) is 13.0. The number of carbonyl (C=O) groups is 2. The van der Waals surface area contributed by atoms with Gasteiger partial charge in [-0.15, -0.1) is 6.58 Å². The van der Waals surface area contributed by atoms with E-state index in [1.54, 1.807) is 32.3 Å². The summed E-state index contributed by atoms with van der Waals surface area (Å²) >= 11 is 0. The molecule has 6 nitrogen and oxygen atoms in total. The summed E-state index contributed by atoms with van der Waals surface area (Å²) in [5, 5.41) is 20.3. The minimum absolute atomic E-state index is 0.131. The van der Waals surface area contributed by atoms with Crippen molar-refractivity contribution in [2.24, 2.45) is 5.92 Å². The number of allylic oxidation sites excluding steroid dienone is 2. The number of aliphatic hydroxyl groups is 2. The molecule has 0 radical (unpaired) electrons. The van der Waals surface area contributed by atoms with E-state index in [-0.39, 0.29) is 25.5 Å². The van der Waals surface area contributed by atoms with Gasteiger partial charge < -0.3 is 20.0 Å². The first-order valence-electron chi connectivity index (χ1n) is 7.21. The highest BCUT2D eigenvalue weighted by molar-refractivity contribution is 5.95. The molecule has 2 aliphatic rings. The van der Waals surface area contributed by atoms with E-state index in [9.17, 15) is 19.8 Å². The van der Waals surface area contributed by atoms with Crippen LogP contribution >= 0.6 is 0 Å². The van der Waals surface area contributed by atoms with Gasteiger partial charge in [-0.05, 0) is 18.1 Å². The zero-order chi connectivity index (χ0) is 16.5. The minimum Gasteiger partial charge on any atom is -0.392 e. The van der Waals surface area contributed by atoms with Crippen molar-refractivity contribution in [3.63, 3.8) is 0 Å². The average Bonchev–Trinajstić information content (AvgIpc) is 2.69. The number of hydrogen-bond acceptors (Lipinski definition) is 4. The van der Waals surface area contributed by atoms with Crippen LogP contribution in [0.3, 0.4) is 0 Å². The van der Waals surface area contributed by atoms with Crippen LogP contribution in [0.4, 0.5) is 0 Å². The highest BCUT2D eigenvalue weighted by Crippen LogP contribution is 2.45. The Morgan fingerprint density at radius 3 is 2.77 bits per heavy atom.